The third kappa shape index (κ3) is 2.80. The highest BCUT2D eigenvalue weighted by Gasteiger charge is 2.11. The monoisotopic (exact) mass is 205 g/mol. The summed E-state index contributed by atoms with van der Waals surface area (Å²) < 4.78 is 0. The Labute approximate surface area is 82.4 Å². The van der Waals surface area contributed by atoms with Crippen molar-refractivity contribution < 1.29 is 4.79 Å². The first kappa shape index (κ1) is 11.4. The Hall–Kier alpha value is -0.600. The van der Waals surface area contributed by atoms with Crippen LogP contribution >= 0.6 is 24.0 Å². The summed E-state index contributed by atoms with van der Waals surface area (Å²) >= 11 is 5.30. The molecule has 1 atom stereocenters. The molecular weight excluding hydrogens is 197 g/mol. The van der Waals surface area contributed by atoms with E-state index in [1.165, 1.54) is 0 Å². The molecule has 66 valence electrons. The summed E-state index contributed by atoms with van der Waals surface area (Å²) in [5.74, 6) is -0.259. The van der Waals surface area contributed by atoms with Crippen LogP contribution in [0.2, 0.25) is 0 Å². The average Bonchev–Trinajstić information content (AvgIpc) is 2.05. The largest absolute Gasteiger partial charge is 0.281 e. The van der Waals surface area contributed by atoms with Crippen LogP contribution < -0.4 is 0 Å². The van der Waals surface area contributed by atoms with Crippen molar-refractivity contribution in [1.82, 2.24) is 4.98 Å². The fraction of sp³-hybridized carbons (Fsp3) is 0.250. The molecule has 0 N–H and O–H groups in total. The molecule has 1 rings (SSSR count). The lowest BCUT2D eigenvalue weighted by Crippen LogP contribution is -2.01. The third-order valence-corrected chi connectivity index (χ3v) is 1.85. The van der Waals surface area contributed by atoms with E-state index < -0.39 is 0 Å². The molecule has 1 unspecified atom stereocenters. The first-order valence-corrected chi connectivity index (χ1v) is 3.69. The van der Waals surface area contributed by atoms with Crippen molar-refractivity contribution in [2.75, 3.05) is 0 Å². The Balaban J connectivity index is 0.00000121. The summed E-state index contributed by atoms with van der Waals surface area (Å²) in [5, 5.41) is -0.349. The maximum atomic E-state index is 10.7. The van der Waals surface area contributed by atoms with E-state index in [4.69, 9.17) is 11.6 Å². The Morgan fingerprint density at radius 1 is 1.67 bits per heavy atom. The van der Waals surface area contributed by atoms with Gasteiger partial charge in [-0.3, -0.25) is 9.78 Å². The summed E-state index contributed by atoms with van der Waals surface area (Å²) in [6, 6.07) is 3.61. The van der Waals surface area contributed by atoms with Gasteiger partial charge in [0.25, 0.3) is 0 Å². The molecule has 0 saturated heterocycles. The van der Waals surface area contributed by atoms with Gasteiger partial charge in [-0.15, -0.1) is 12.4 Å². The summed E-state index contributed by atoms with van der Waals surface area (Å²) in [4.78, 5) is 14.6. The minimum Gasteiger partial charge on any atom is -0.281 e. The van der Waals surface area contributed by atoms with Gasteiger partial charge in [0.2, 0.25) is 5.24 Å². The third-order valence-electron chi connectivity index (χ3n) is 1.52. The Kier molecular flexibility index (Phi) is 4.86. The second kappa shape index (κ2) is 5.12. The fourth-order valence-electron chi connectivity index (χ4n) is 0.763. The lowest BCUT2D eigenvalue weighted by molar-refractivity contribution is -0.112. The second-order valence-electron chi connectivity index (χ2n) is 2.31. The van der Waals surface area contributed by atoms with Gasteiger partial charge in [-0.2, -0.15) is 0 Å². The van der Waals surface area contributed by atoms with Gasteiger partial charge >= 0.3 is 0 Å². The van der Waals surface area contributed by atoms with Crippen LogP contribution in [0.25, 0.3) is 0 Å². The number of carbonyl (C=O) groups excluding carboxylic acids is 1. The molecule has 0 bridgehead atoms. The van der Waals surface area contributed by atoms with Gasteiger partial charge in [0.15, 0.2) is 0 Å². The average molecular weight is 206 g/mol. The standard InChI is InChI=1S/C8H8ClNO.ClH/c1-6(8(9)11)7-3-2-4-10-5-7;/h2-6H,1H3;1H. The molecule has 0 spiro atoms. The van der Waals surface area contributed by atoms with Crippen LogP contribution in [0.4, 0.5) is 0 Å². The topological polar surface area (TPSA) is 30.0 Å². The highest BCUT2D eigenvalue weighted by molar-refractivity contribution is 6.64. The van der Waals surface area contributed by atoms with Gasteiger partial charge in [-0.1, -0.05) is 13.0 Å². The van der Waals surface area contributed by atoms with E-state index in [2.05, 4.69) is 4.98 Å². The summed E-state index contributed by atoms with van der Waals surface area (Å²) in [5.41, 5.74) is 0.854. The van der Waals surface area contributed by atoms with Gasteiger partial charge in [-0.25, -0.2) is 0 Å². The van der Waals surface area contributed by atoms with Gasteiger partial charge in [-0.05, 0) is 23.2 Å². The highest BCUT2D eigenvalue weighted by Crippen LogP contribution is 2.15. The number of aromatic nitrogens is 1. The van der Waals surface area contributed by atoms with E-state index in [0.717, 1.165) is 5.56 Å². The first-order chi connectivity index (χ1) is 5.22. The molecular formula is C8H9Cl2NO. The maximum absolute atomic E-state index is 10.7. The fourth-order valence-corrected chi connectivity index (χ4v) is 0.889. The lowest BCUT2D eigenvalue weighted by Gasteiger charge is -2.03. The van der Waals surface area contributed by atoms with Crippen LogP contribution in [0, 0.1) is 0 Å². The van der Waals surface area contributed by atoms with Crippen molar-refractivity contribution in [2.24, 2.45) is 0 Å². The molecule has 0 aliphatic rings. The number of pyridine rings is 1. The van der Waals surface area contributed by atoms with Crippen LogP contribution in [0.5, 0.6) is 0 Å². The molecule has 12 heavy (non-hydrogen) atoms. The van der Waals surface area contributed by atoms with E-state index >= 15 is 0 Å². The molecule has 1 aromatic heterocycles. The summed E-state index contributed by atoms with van der Waals surface area (Å²) in [6.07, 6.45) is 3.31. The van der Waals surface area contributed by atoms with Crippen molar-refractivity contribution in [3.63, 3.8) is 0 Å². The molecule has 1 heterocycles. The zero-order valence-corrected chi connectivity index (χ0v) is 8.10. The lowest BCUT2D eigenvalue weighted by atomic mass is 10.1. The second-order valence-corrected chi connectivity index (χ2v) is 2.68. The van der Waals surface area contributed by atoms with Crippen LogP contribution in [-0.4, -0.2) is 10.2 Å². The predicted octanol–water partition coefficient (Wildman–Crippen LogP) is 2.37. The zero-order chi connectivity index (χ0) is 8.27. The number of nitrogens with zero attached hydrogens (tertiary/aromatic N) is 1. The summed E-state index contributed by atoms with van der Waals surface area (Å²) in [7, 11) is 0. The maximum Gasteiger partial charge on any atom is 0.228 e. The van der Waals surface area contributed by atoms with Crippen molar-refractivity contribution in [3.8, 4) is 0 Å². The number of hydrogen-bond acceptors (Lipinski definition) is 2. The van der Waals surface area contributed by atoms with E-state index in [0.29, 0.717) is 0 Å². The van der Waals surface area contributed by atoms with Crippen LogP contribution in [-0.2, 0) is 4.79 Å². The number of halogens is 2. The Bertz CT molecular complexity index is 250. The van der Waals surface area contributed by atoms with Crippen molar-refractivity contribution in [2.45, 2.75) is 12.8 Å². The zero-order valence-electron chi connectivity index (χ0n) is 6.53. The minimum absolute atomic E-state index is 0. The van der Waals surface area contributed by atoms with Crippen LogP contribution in [0.3, 0.4) is 0 Å². The smallest absolute Gasteiger partial charge is 0.228 e. The molecule has 0 aromatic carbocycles. The SMILES string of the molecule is CC(C(=O)Cl)c1cccnc1.Cl. The van der Waals surface area contributed by atoms with Crippen molar-refractivity contribution >= 4 is 29.3 Å². The number of rotatable bonds is 2. The van der Waals surface area contributed by atoms with E-state index in [1.54, 1.807) is 25.4 Å². The molecule has 4 heteroatoms. The summed E-state index contributed by atoms with van der Waals surface area (Å²) in [6.45, 7) is 1.76. The van der Waals surface area contributed by atoms with Crippen LogP contribution in [0.1, 0.15) is 18.4 Å². The highest BCUT2D eigenvalue weighted by atomic mass is 35.5. The Morgan fingerprint density at radius 2 is 2.33 bits per heavy atom. The molecule has 2 nitrogen and oxygen atoms in total. The molecule has 0 saturated carbocycles. The van der Waals surface area contributed by atoms with E-state index in [-0.39, 0.29) is 23.6 Å². The van der Waals surface area contributed by atoms with Crippen molar-refractivity contribution in [3.05, 3.63) is 30.1 Å². The quantitative estimate of drug-likeness (QED) is 0.695. The molecule has 0 aliphatic heterocycles. The van der Waals surface area contributed by atoms with E-state index in [1.807, 2.05) is 6.07 Å². The van der Waals surface area contributed by atoms with E-state index in [9.17, 15) is 4.79 Å². The number of hydrogen-bond donors (Lipinski definition) is 0. The molecule has 1 aromatic rings. The Morgan fingerprint density at radius 3 is 2.75 bits per heavy atom. The van der Waals surface area contributed by atoms with Crippen LogP contribution in [0.15, 0.2) is 24.5 Å². The van der Waals surface area contributed by atoms with Gasteiger partial charge in [0.1, 0.15) is 0 Å². The normalized spacial score (nSPS) is 11.5. The minimum atomic E-state index is -0.349. The number of carbonyl (C=O) groups is 1. The predicted molar refractivity (Wildman–Crippen MR) is 50.8 cm³/mol. The first-order valence-electron chi connectivity index (χ1n) is 3.31. The van der Waals surface area contributed by atoms with Gasteiger partial charge in [0.05, 0.1) is 5.92 Å². The van der Waals surface area contributed by atoms with Crippen molar-refractivity contribution in [1.29, 1.82) is 0 Å². The molecule has 0 aliphatic carbocycles. The molecule has 0 radical (unpaired) electrons. The van der Waals surface area contributed by atoms with Gasteiger partial charge in [0, 0.05) is 12.4 Å². The molecule has 0 fully saturated rings. The molecule has 0 amide bonds. The van der Waals surface area contributed by atoms with Gasteiger partial charge < -0.3 is 0 Å².